The lowest BCUT2D eigenvalue weighted by Gasteiger charge is -2.45. The minimum Gasteiger partial charge on any atom is -0.485 e. The van der Waals surface area contributed by atoms with Crippen molar-refractivity contribution in [3.8, 4) is 11.8 Å². The molecule has 1 aromatic carbocycles. The summed E-state index contributed by atoms with van der Waals surface area (Å²) in [5.41, 5.74) is 0.0729. The SMILES string of the molecule is CC1(C)Oc2ccc(C#N)cc2[C@H](N2CC(=O)CC2=O)[C@H]1O. The summed E-state index contributed by atoms with van der Waals surface area (Å²) in [7, 11) is 0. The highest BCUT2D eigenvalue weighted by Crippen LogP contribution is 2.44. The van der Waals surface area contributed by atoms with Crippen molar-refractivity contribution in [3.63, 3.8) is 0 Å². The van der Waals surface area contributed by atoms with E-state index < -0.39 is 17.7 Å². The molecular formula is C16H16N2O4. The zero-order chi connectivity index (χ0) is 16.1. The average molecular weight is 300 g/mol. The van der Waals surface area contributed by atoms with Crippen LogP contribution in [0, 0.1) is 11.3 Å². The summed E-state index contributed by atoms with van der Waals surface area (Å²) < 4.78 is 5.80. The topological polar surface area (TPSA) is 90.6 Å². The van der Waals surface area contributed by atoms with Crippen LogP contribution in [0.15, 0.2) is 18.2 Å². The van der Waals surface area contributed by atoms with Gasteiger partial charge in [-0.2, -0.15) is 5.26 Å². The van der Waals surface area contributed by atoms with Crippen LogP contribution in [0.5, 0.6) is 5.75 Å². The highest BCUT2D eigenvalue weighted by molar-refractivity contribution is 6.05. The van der Waals surface area contributed by atoms with Crippen LogP contribution in [-0.4, -0.2) is 39.9 Å². The Hall–Kier alpha value is -2.39. The van der Waals surface area contributed by atoms with E-state index in [1.54, 1.807) is 32.0 Å². The Kier molecular flexibility index (Phi) is 3.18. The molecule has 22 heavy (non-hydrogen) atoms. The molecule has 2 atom stereocenters. The van der Waals surface area contributed by atoms with Crippen molar-refractivity contribution in [3.05, 3.63) is 29.3 Å². The van der Waals surface area contributed by atoms with Gasteiger partial charge in [-0.15, -0.1) is 0 Å². The Labute approximate surface area is 127 Å². The third-order valence-corrected chi connectivity index (χ3v) is 4.19. The molecule has 0 aromatic heterocycles. The second kappa shape index (κ2) is 4.82. The highest BCUT2D eigenvalue weighted by atomic mass is 16.5. The second-order valence-electron chi connectivity index (χ2n) is 6.20. The molecule has 114 valence electrons. The number of aliphatic hydroxyl groups is 1. The predicted octanol–water partition coefficient (Wildman–Crippen LogP) is 0.933. The van der Waals surface area contributed by atoms with Crippen molar-refractivity contribution in [1.82, 2.24) is 4.90 Å². The first-order chi connectivity index (χ1) is 10.3. The van der Waals surface area contributed by atoms with E-state index in [0.29, 0.717) is 16.9 Å². The summed E-state index contributed by atoms with van der Waals surface area (Å²) in [6.07, 6.45) is -1.14. The van der Waals surface area contributed by atoms with Gasteiger partial charge < -0.3 is 14.7 Å². The zero-order valence-electron chi connectivity index (χ0n) is 12.4. The number of ketones is 1. The van der Waals surface area contributed by atoms with Gasteiger partial charge in [-0.05, 0) is 32.0 Å². The van der Waals surface area contributed by atoms with Crippen LogP contribution in [0.3, 0.4) is 0 Å². The molecule has 2 heterocycles. The molecule has 6 nitrogen and oxygen atoms in total. The number of fused-ring (bicyclic) bond motifs is 1. The van der Waals surface area contributed by atoms with E-state index in [-0.39, 0.29) is 24.7 Å². The molecule has 0 saturated carbocycles. The van der Waals surface area contributed by atoms with Crippen molar-refractivity contribution in [1.29, 1.82) is 5.26 Å². The lowest BCUT2D eigenvalue weighted by Crippen LogP contribution is -2.54. The molecule has 1 aromatic rings. The van der Waals surface area contributed by atoms with Crippen LogP contribution in [0.25, 0.3) is 0 Å². The third-order valence-electron chi connectivity index (χ3n) is 4.19. The number of carbonyl (C=O) groups is 2. The summed E-state index contributed by atoms with van der Waals surface area (Å²) in [6, 6.07) is 6.24. The number of ether oxygens (including phenoxy) is 1. The standard InChI is InChI=1S/C16H16N2O4/c1-16(2)15(21)14(18-8-10(19)6-13(18)20)11-5-9(7-17)3-4-12(11)22-16/h3-5,14-15,21H,6,8H2,1-2H3/t14-,15+/m0/s1. The van der Waals surface area contributed by atoms with Crippen molar-refractivity contribution in [2.75, 3.05) is 6.54 Å². The van der Waals surface area contributed by atoms with E-state index in [4.69, 9.17) is 10.00 Å². The molecule has 1 fully saturated rings. The van der Waals surface area contributed by atoms with Crippen molar-refractivity contribution in [2.45, 2.75) is 38.0 Å². The Balaban J connectivity index is 2.13. The average Bonchev–Trinajstić information content (AvgIpc) is 2.78. The number of carbonyl (C=O) groups excluding carboxylic acids is 2. The van der Waals surface area contributed by atoms with Crippen LogP contribution in [0.1, 0.15) is 37.4 Å². The van der Waals surface area contributed by atoms with Gasteiger partial charge in [0.15, 0.2) is 5.78 Å². The number of benzene rings is 1. The maximum absolute atomic E-state index is 12.1. The normalized spacial score (nSPS) is 26.4. The minimum absolute atomic E-state index is 0.0210. The number of Topliss-reactive ketones (excluding diaryl/α,β-unsaturated/α-hetero) is 1. The number of aliphatic hydroxyl groups excluding tert-OH is 1. The van der Waals surface area contributed by atoms with Crippen LogP contribution < -0.4 is 4.74 Å². The maximum Gasteiger partial charge on any atom is 0.231 e. The first kappa shape index (κ1) is 14.5. The monoisotopic (exact) mass is 300 g/mol. The largest absolute Gasteiger partial charge is 0.485 e. The lowest BCUT2D eigenvalue weighted by atomic mass is 9.85. The van der Waals surface area contributed by atoms with Gasteiger partial charge in [-0.3, -0.25) is 9.59 Å². The van der Waals surface area contributed by atoms with Gasteiger partial charge in [0.25, 0.3) is 0 Å². The Morgan fingerprint density at radius 3 is 2.73 bits per heavy atom. The number of hydrogen-bond acceptors (Lipinski definition) is 5. The molecule has 0 spiro atoms. The molecule has 3 rings (SSSR count). The number of rotatable bonds is 1. The molecule has 1 saturated heterocycles. The second-order valence-corrected chi connectivity index (χ2v) is 6.20. The number of nitriles is 1. The predicted molar refractivity (Wildman–Crippen MR) is 75.9 cm³/mol. The fourth-order valence-corrected chi connectivity index (χ4v) is 3.03. The minimum atomic E-state index is -0.996. The molecule has 2 aliphatic heterocycles. The van der Waals surface area contributed by atoms with Crippen molar-refractivity contribution in [2.24, 2.45) is 0 Å². The van der Waals surface area contributed by atoms with Gasteiger partial charge in [0, 0.05) is 5.56 Å². The van der Waals surface area contributed by atoms with Gasteiger partial charge in [0.05, 0.1) is 30.6 Å². The first-order valence-corrected chi connectivity index (χ1v) is 7.06. The zero-order valence-corrected chi connectivity index (χ0v) is 12.4. The molecular weight excluding hydrogens is 284 g/mol. The van der Waals surface area contributed by atoms with Crippen LogP contribution in [-0.2, 0) is 9.59 Å². The Bertz CT molecular complexity index is 705. The fourth-order valence-electron chi connectivity index (χ4n) is 3.03. The number of nitrogens with zero attached hydrogens (tertiary/aromatic N) is 2. The van der Waals surface area contributed by atoms with Crippen LogP contribution in [0.2, 0.25) is 0 Å². The summed E-state index contributed by atoms with van der Waals surface area (Å²) in [6.45, 7) is 3.44. The Morgan fingerprint density at radius 1 is 1.41 bits per heavy atom. The molecule has 0 bridgehead atoms. The quantitative estimate of drug-likeness (QED) is 0.779. The molecule has 0 unspecified atom stereocenters. The molecule has 0 aliphatic carbocycles. The summed E-state index contributed by atoms with van der Waals surface area (Å²) in [5.74, 6) is 0.0472. The number of amides is 1. The van der Waals surface area contributed by atoms with Gasteiger partial charge in [-0.1, -0.05) is 0 Å². The van der Waals surface area contributed by atoms with Crippen LogP contribution >= 0.6 is 0 Å². The van der Waals surface area contributed by atoms with Gasteiger partial charge in [0.1, 0.15) is 17.5 Å². The molecule has 2 aliphatic rings. The van der Waals surface area contributed by atoms with Gasteiger partial charge >= 0.3 is 0 Å². The van der Waals surface area contributed by atoms with E-state index in [1.807, 2.05) is 6.07 Å². The Morgan fingerprint density at radius 2 is 2.14 bits per heavy atom. The summed E-state index contributed by atoms with van der Waals surface area (Å²) in [5, 5.41) is 19.7. The molecule has 1 N–H and O–H groups in total. The smallest absolute Gasteiger partial charge is 0.231 e. The first-order valence-electron chi connectivity index (χ1n) is 7.06. The van der Waals surface area contributed by atoms with Gasteiger partial charge in [-0.25, -0.2) is 0 Å². The molecule has 6 heteroatoms. The number of hydrogen-bond donors (Lipinski definition) is 1. The molecule has 1 amide bonds. The third kappa shape index (κ3) is 2.14. The van der Waals surface area contributed by atoms with E-state index in [1.165, 1.54) is 4.90 Å². The van der Waals surface area contributed by atoms with Gasteiger partial charge in [0.2, 0.25) is 5.91 Å². The van der Waals surface area contributed by atoms with E-state index in [0.717, 1.165) is 0 Å². The lowest BCUT2D eigenvalue weighted by molar-refractivity contribution is -0.139. The number of likely N-dealkylation sites (tertiary alicyclic amines) is 1. The van der Waals surface area contributed by atoms with E-state index >= 15 is 0 Å². The summed E-state index contributed by atoms with van der Waals surface area (Å²) >= 11 is 0. The van der Waals surface area contributed by atoms with Crippen LogP contribution in [0.4, 0.5) is 0 Å². The fraction of sp³-hybridized carbons (Fsp3) is 0.438. The highest BCUT2D eigenvalue weighted by Gasteiger charge is 2.48. The van der Waals surface area contributed by atoms with E-state index in [2.05, 4.69) is 0 Å². The van der Waals surface area contributed by atoms with E-state index in [9.17, 15) is 14.7 Å². The van der Waals surface area contributed by atoms with Crippen molar-refractivity contribution < 1.29 is 19.4 Å². The molecule has 0 radical (unpaired) electrons. The van der Waals surface area contributed by atoms with Crippen molar-refractivity contribution >= 4 is 11.7 Å². The summed E-state index contributed by atoms with van der Waals surface area (Å²) in [4.78, 5) is 25.1. The maximum atomic E-state index is 12.1.